The molecule has 3 nitrogen and oxygen atoms in total. The van der Waals surface area contributed by atoms with Gasteiger partial charge in [0, 0.05) is 17.5 Å². The van der Waals surface area contributed by atoms with Crippen LogP contribution in [0.25, 0.3) is 0 Å². The monoisotopic (exact) mass is 310 g/mol. The fraction of sp³-hybridized carbons (Fsp3) is 0.647. The first kappa shape index (κ1) is 16.6. The molecule has 1 unspecified atom stereocenters. The van der Waals surface area contributed by atoms with Gasteiger partial charge in [-0.1, -0.05) is 38.3 Å². The lowest BCUT2D eigenvalue weighted by molar-refractivity contribution is 0.305. The van der Waals surface area contributed by atoms with Crippen LogP contribution in [0.15, 0.2) is 12.1 Å². The second-order valence-corrected chi connectivity index (χ2v) is 6.40. The molecule has 0 saturated carbocycles. The molecule has 0 amide bonds. The maximum Gasteiger partial charge on any atom is 0.125 e. The highest BCUT2D eigenvalue weighted by Gasteiger charge is 2.24. The summed E-state index contributed by atoms with van der Waals surface area (Å²) in [5, 5.41) is 0.799. The summed E-state index contributed by atoms with van der Waals surface area (Å²) in [4.78, 5) is 0. The number of hydrogen-bond donors (Lipinski definition) is 2. The van der Waals surface area contributed by atoms with Crippen LogP contribution < -0.4 is 16.0 Å². The van der Waals surface area contributed by atoms with Crippen molar-refractivity contribution in [3.05, 3.63) is 28.3 Å². The van der Waals surface area contributed by atoms with Gasteiger partial charge in [-0.15, -0.1) is 0 Å². The molecule has 118 valence electrons. The average Bonchev–Trinajstić information content (AvgIpc) is 2.92. The third-order valence-corrected chi connectivity index (χ3v) is 4.59. The molecule has 0 spiro atoms. The van der Waals surface area contributed by atoms with Crippen molar-refractivity contribution in [2.45, 2.75) is 58.4 Å². The summed E-state index contributed by atoms with van der Waals surface area (Å²) >= 11 is 6.25. The van der Waals surface area contributed by atoms with Crippen LogP contribution in [-0.4, -0.2) is 12.6 Å². The number of benzene rings is 1. The Kier molecular flexibility index (Phi) is 6.34. The minimum atomic E-state index is 0.275. The Labute approximate surface area is 133 Å². The predicted octanol–water partition coefficient (Wildman–Crippen LogP) is 3.87. The van der Waals surface area contributed by atoms with Crippen molar-refractivity contribution in [2.24, 2.45) is 11.8 Å². The lowest BCUT2D eigenvalue weighted by Gasteiger charge is -2.27. The Morgan fingerprint density at radius 2 is 2.00 bits per heavy atom. The van der Waals surface area contributed by atoms with Crippen LogP contribution >= 0.6 is 11.6 Å². The van der Waals surface area contributed by atoms with Crippen LogP contribution in [0.5, 0.6) is 5.75 Å². The Balaban J connectivity index is 2.18. The molecule has 0 saturated heterocycles. The molecule has 2 rings (SSSR count). The summed E-state index contributed by atoms with van der Waals surface area (Å²) in [6, 6.07) is 4.33. The number of hydrogen-bond acceptors (Lipinski definition) is 3. The van der Waals surface area contributed by atoms with E-state index >= 15 is 0 Å². The van der Waals surface area contributed by atoms with Gasteiger partial charge in [0.2, 0.25) is 0 Å². The molecular weight excluding hydrogens is 284 g/mol. The first-order chi connectivity index (χ1) is 10.2. The summed E-state index contributed by atoms with van der Waals surface area (Å²) in [6.45, 7) is 5.23. The number of nitrogens with two attached hydrogens (primary N) is 1. The molecule has 0 aliphatic carbocycles. The second-order valence-electron chi connectivity index (χ2n) is 5.97. The van der Waals surface area contributed by atoms with Crippen molar-refractivity contribution < 1.29 is 4.74 Å². The van der Waals surface area contributed by atoms with E-state index in [0.717, 1.165) is 30.2 Å². The van der Waals surface area contributed by atoms with Crippen LogP contribution in [0.3, 0.4) is 0 Å². The average molecular weight is 311 g/mol. The van der Waals surface area contributed by atoms with Crippen LogP contribution in [0.2, 0.25) is 5.02 Å². The van der Waals surface area contributed by atoms with E-state index in [9.17, 15) is 0 Å². The minimum Gasteiger partial charge on any atom is -0.493 e. The van der Waals surface area contributed by atoms with E-state index in [2.05, 4.69) is 19.3 Å². The molecule has 0 bridgehead atoms. The van der Waals surface area contributed by atoms with E-state index in [1.807, 2.05) is 12.1 Å². The predicted molar refractivity (Wildman–Crippen MR) is 88.8 cm³/mol. The van der Waals surface area contributed by atoms with Gasteiger partial charge in [0.05, 0.1) is 6.61 Å². The van der Waals surface area contributed by atoms with E-state index in [1.54, 1.807) is 0 Å². The maximum absolute atomic E-state index is 6.25. The number of fused-ring (bicyclic) bond motifs is 1. The van der Waals surface area contributed by atoms with Crippen LogP contribution in [-0.2, 0) is 12.8 Å². The molecular formula is C17H27ClN2O. The number of hydrazine groups is 1. The van der Waals surface area contributed by atoms with E-state index in [4.69, 9.17) is 22.2 Å². The number of nitrogens with one attached hydrogen (secondary N) is 1. The second kappa shape index (κ2) is 8.02. The van der Waals surface area contributed by atoms with Crippen molar-refractivity contribution in [1.29, 1.82) is 0 Å². The van der Waals surface area contributed by atoms with Crippen molar-refractivity contribution in [3.8, 4) is 5.75 Å². The van der Waals surface area contributed by atoms with Crippen molar-refractivity contribution >= 4 is 11.6 Å². The largest absolute Gasteiger partial charge is 0.493 e. The third kappa shape index (κ3) is 4.12. The van der Waals surface area contributed by atoms with E-state index in [0.29, 0.717) is 5.92 Å². The molecule has 3 N–H and O–H groups in total. The zero-order chi connectivity index (χ0) is 15.2. The Morgan fingerprint density at radius 1 is 1.29 bits per heavy atom. The first-order valence-corrected chi connectivity index (χ1v) is 8.47. The molecule has 1 atom stereocenters. The molecule has 21 heavy (non-hydrogen) atoms. The summed E-state index contributed by atoms with van der Waals surface area (Å²) in [5.74, 6) is 7.47. The van der Waals surface area contributed by atoms with Gasteiger partial charge in [-0.2, -0.15) is 0 Å². The Bertz CT molecular complexity index is 458. The van der Waals surface area contributed by atoms with Gasteiger partial charge in [-0.3, -0.25) is 11.3 Å². The fourth-order valence-corrected chi connectivity index (χ4v) is 3.65. The van der Waals surface area contributed by atoms with Crippen molar-refractivity contribution in [2.75, 3.05) is 6.61 Å². The highest BCUT2D eigenvalue weighted by molar-refractivity contribution is 6.30. The zero-order valence-corrected chi connectivity index (χ0v) is 13.9. The zero-order valence-electron chi connectivity index (χ0n) is 13.1. The van der Waals surface area contributed by atoms with Crippen molar-refractivity contribution in [3.63, 3.8) is 0 Å². The molecule has 1 aliphatic rings. The van der Waals surface area contributed by atoms with Crippen molar-refractivity contribution in [1.82, 2.24) is 5.43 Å². The summed E-state index contributed by atoms with van der Waals surface area (Å²) in [5.41, 5.74) is 5.45. The van der Waals surface area contributed by atoms with Crippen LogP contribution in [0, 0.1) is 5.92 Å². The summed E-state index contributed by atoms with van der Waals surface area (Å²) in [7, 11) is 0. The van der Waals surface area contributed by atoms with E-state index in [1.165, 1.54) is 36.8 Å². The molecule has 0 fully saturated rings. The minimum absolute atomic E-state index is 0.275. The maximum atomic E-state index is 6.25. The normalized spacial score (nSPS) is 15.1. The molecule has 1 aliphatic heterocycles. The lowest BCUT2D eigenvalue weighted by Crippen LogP contribution is -2.42. The standard InChI is InChI=1S/C17H27ClN2O/c1-3-5-12(6-4-2)16(20-19)11-14-10-15(18)9-13-7-8-21-17(13)14/h9-10,12,16,20H,3-8,11,19H2,1-2H3. The smallest absolute Gasteiger partial charge is 0.125 e. The van der Waals surface area contributed by atoms with Gasteiger partial charge in [-0.05, 0) is 48.4 Å². The molecule has 1 aromatic carbocycles. The topological polar surface area (TPSA) is 47.3 Å². The Hall–Kier alpha value is -0.770. The van der Waals surface area contributed by atoms with Gasteiger partial charge in [0.1, 0.15) is 5.75 Å². The number of ether oxygens (including phenoxy) is 1. The first-order valence-electron chi connectivity index (χ1n) is 8.09. The highest BCUT2D eigenvalue weighted by Crippen LogP contribution is 2.34. The lowest BCUT2D eigenvalue weighted by atomic mass is 9.86. The summed E-state index contributed by atoms with van der Waals surface area (Å²) in [6.07, 6.45) is 6.61. The third-order valence-electron chi connectivity index (χ3n) is 4.37. The number of halogens is 1. The molecule has 0 aromatic heterocycles. The van der Waals surface area contributed by atoms with E-state index in [-0.39, 0.29) is 6.04 Å². The van der Waals surface area contributed by atoms with Gasteiger partial charge >= 0.3 is 0 Å². The summed E-state index contributed by atoms with van der Waals surface area (Å²) < 4.78 is 5.80. The molecule has 4 heteroatoms. The highest BCUT2D eigenvalue weighted by atomic mass is 35.5. The van der Waals surface area contributed by atoms with Crippen LogP contribution in [0.4, 0.5) is 0 Å². The van der Waals surface area contributed by atoms with Gasteiger partial charge in [-0.25, -0.2) is 0 Å². The van der Waals surface area contributed by atoms with E-state index < -0.39 is 0 Å². The Morgan fingerprint density at radius 3 is 2.62 bits per heavy atom. The molecule has 1 aromatic rings. The quantitative estimate of drug-likeness (QED) is 0.566. The molecule has 1 heterocycles. The molecule has 0 radical (unpaired) electrons. The van der Waals surface area contributed by atoms with Gasteiger partial charge in [0.25, 0.3) is 0 Å². The fourth-order valence-electron chi connectivity index (χ4n) is 3.38. The number of rotatable bonds is 8. The van der Waals surface area contributed by atoms with Gasteiger partial charge < -0.3 is 4.74 Å². The van der Waals surface area contributed by atoms with Crippen LogP contribution in [0.1, 0.15) is 50.7 Å². The SMILES string of the molecule is CCCC(CCC)C(Cc1cc(Cl)cc2c1OCC2)NN. The van der Waals surface area contributed by atoms with Gasteiger partial charge in [0.15, 0.2) is 0 Å².